The number of halogens is 1. The first-order valence-electron chi connectivity index (χ1n) is 5.55. The first kappa shape index (κ1) is 12.1. The third-order valence-corrected chi connectivity index (χ3v) is 2.92. The predicted molar refractivity (Wildman–Crippen MR) is 72.5 cm³/mol. The van der Waals surface area contributed by atoms with Crippen LogP contribution < -0.4 is 4.74 Å². The molecule has 2 rings (SSSR count). The van der Waals surface area contributed by atoms with Crippen LogP contribution in [0, 0.1) is 0 Å². The summed E-state index contributed by atoms with van der Waals surface area (Å²) in [6, 6.07) is 11.8. The van der Waals surface area contributed by atoms with Crippen LogP contribution >= 0.6 is 15.9 Å². The summed E-state index contributed by atoms with van der Waals surface area (Å²) in [5.41, 5.74) is 1.19. The second-order valence-electron chi connectivity index (χ2n) is 4.11. The lowest BCUT2D eigenvalue weighted by atomic mass is 10.0. The highest BCUT2D eigenvalue weighted by molar-refractivity contribution is 9.10. The van der Waals surface area contributed by atoms with E-state index in [1.165, 1.54) is 5.56 Å². The summed E-state index contributed by atoms with van der Waals surface area (Å²) < 4.78 is 6.74. The van der Waals surface area contributed by atoms with Gasteiger partial charge in [-0.1, -0.05) is 32.0 Å². The first-order chi connectivity index (χ1) is 8.16. The molecule has 0 spiro atoms. The fourth-order valence-corrected chi connectivity index (χ4v) is 1.82. The van der Waals surface area contributed by atoms with Gasteiger partial charge in [0.05, 0.1) is 0 Å². The summed E-state index contributed by atoms with van der Waals surface area (Å²) >= 11 is 3.35. The smallest absolute Gasteiger partial charge is 0.219 e. The minimum atomic E-state index is 0.432. The topological polar surface area (TPSA) is 22.1 Å². The van der Waals surface area contributed by atoms with Gasteiger partial charge in [0, 0.05) is 16.7 Å². The van der Waals surface area contributed by atoms with E-state index in [0.717, 1.165) is 10.2 Å². The summed E-state index contributed by atoms with van der Waals surface area (Å²) in [5, 5.41) is 0. The van der Waals surface area contributed by atoms with Crippen LogP contribution in [0.4, 0.5) is 0 Å². The van der Waals surface area contributed by atoms with Gasteiger partial charge in [-0.2, -0.15) is 0 Å². The molecule has 0 radical (unpaired) electrons. The molecule has 88 valence electrons. The molecule has 2 nitrogen and oxygen atoms in total. The molecule has 1 aromatic carbocycles. The largest absolute Gasteiger partial charge is 0.439 e. The van der Waals surface area contributed by atoms with Crippen molar-refractivity contribution >= 4 is 15.9 Å². The van der Waals surface area contributed by atoms with Crippen LogP contribution in [0.3, 0.4) is 0 Å². The van der Waals surface area contributed by atoms with E-state index in [1.54, 1.807) is 6.20 Å². The Morgan fingerprint density at radius 1 is 1.12 bits per heavy atom. The number of rotatable bonds is 3. The van der Waals surface area contributed by atoms with Gasteiger partial charge in [-0.25, -0.2) is 4.98 Å². The van der Waals surface area contributed by atoms with E-state index in [1.807, 2.05) is 30.3 Å². The monoisotopic (exact) mass is 291 g/mol. The van der Waals surface area contributed by atoms with E-state index >= 15 is 0 Å². The molecule has 1 heterocycles. The van der Waals surface area contributed by atoms with Crippen molar-refractivity contribution in [3.8, 4) is 11.6 Å². The lowest BCUT2D eigenvalue weighted by molar-refractivity contribution is 0.454. The molecular weight excluding hydrogens is 278 g/mol. The number of nitrogens with zero attached hydrogens (tertiary/aromatic N) is 1. The Labute approximate surface area is 110 Å². The van der Waals surface area contributed by atoms with Crippen molar-refractivity contribution in [3.63, 3.8) is 0 Å². The molecule has 0 fully saturated rings. The number of benzene rings is 1. The summed E-state index contributed by atoms with van der Waals surface area (Å²) in [6.45, 7) is 4.30. The van der Waals surface area contributed by atoms with Gasteiger partial charge in [-0.15, -0.1) is 0 Å². The zero-order chi connectivity index (χ0) is 12.3. The van der Waals surface area contributed by atoms with E-state index in [2.05, 4.69) is 40.8 Å². The fraction of sp³-hybridized carbons (Fsp3) is 0.214. The van der Waals surface area contributed by atoms with Crippen LogP contribution in [0.5, 0.6) is 11.6 Å². The van der Waals surface area contributed by atoms with Crippen molar-refractivity contribution in [2.75, 3.05) is 0 Å². The van der Waals surface area contributed by atoms with Gasteiger partial charge < -0.3 is 4.74 Å². The van der Waals surface area contributed by atoms with Crippen LogP contribution in [0.15, 0.2) is 47.1 Å². The molecule has 0 atom stereocenters. The number of aromatic nitrogens is 1. The Balaban J connectivity index is 2.26. The van der Waals surface area contributed by atoms with Crippen LogP contribution in [-0.4, -0.2) is 4.98 Å². The van der Waals surface area contributed by atoms with Crippen LogP contribution in [0.25, 0.3) is 0 Å². The van der Waals surface area contributed by atoms with Crippen molar-refractivity contribution < 1.29 is 4.74 Å². The second kappa shape index (κ2) is 5.32. The molecule has 0 saturated heterocycles. The lowest BCUT2D eigenvalue weighted by Gasteiger charge is -2.12. The SMILES string of the molecule is CC(C)c1ccccc1Oc1ccc(Br)cn1. The molecular formula is C14H14BrNO. The highest BCUT2D eigenvalue weighted by Crippen LogP contribution is 2.29. The Morgan fingerprint density at radius 2 is 1.88 bits per heavy atom. The Kier molecular flexibility index (Phi) is 3.79. The maximum atomic E-state index is 5.79. The summed E-state index contributed by atoms with van der Waals surface area (Å²) in [5.74, 6) is 1.92. The van der Waals surface area contributed by atoms with Crippen LogP contribution in [0.2, 0.25) is 0 Å². The third kappa shape index (κ3) is 3.07. The molecule has 17 heavy (non-hydrogen) atoms. The van der Waals surface area contributed by atoms with Gasteiger partial charge in [0.1, 0.15) is 5.75 Å². The van der Waals surface area contributed by atoms with Crippen molar-refractivity contribution in [1.82, 2.24) is 4.98 Å². The number of pyridine rings is 1. The van der Waals surface area contributed by atoms with E-state index in [9.17, 15) is 0 Å². The van der Waals surface area contributed by atoms with E-state index < -0.39 is 0 Å². The normalized spacial score (nSPS) is 10.6. The van der Waals surface area contributed by atoms with Crippen LogP contribution in [-0.2, 0) is 0 Å². The standard InChI is InChI=1S/C14H14BrNO/c1-10(2)12-5-3-4-6-13(12)17-14-8-7-11(15)9-16-14/h3-10H,1-2H3. The number of ether oxygens (including phenoxy) is 1. The van der Waals surface area contributed by atoms with Gasteiger partial charge in [0.15, 0.2) is 0 Å². The van der Waals surface area contributed by atoms with Crippen molar-refractivity contribution in [2.24, 2.45) is 0 Å². The zero-order valence-corrected chi connectivity index (χ0v) is 11.4. The molecule has 3 heteroatoms. The highest BCUT2D eigenvalue weighted by atomic mass is 79.9. The summed E-state index contributed by atoms with van der Waals surface area (Å²) in [7, 11) is 0. The molecule has 0 N–H and O–H groups in total. The average Bonchev–Trinajstić information content (AvgIpc) is 2.32. The fourth-order valence-electron chi connectivity index (χ4n) is 1.59. The molecule has 0 aliphatic rings. The zero-order valence-electron chi connectivity index (χ0n) is 9.85. The lowest BCUT2D eigenvalue weighted by Crippen LogP contribution is -1.94. The maximum Gasteiger partial charge on any atom is 0.219 e. The predicted octanol–water partition coefficient (Wildman–Crippen LogP) is 4.76. The van der Waals surface area contributed by atoms with Crippen molar-refractivity contribution in [1.29, 1.82) is 0 Å². The van der Waals surface area contributed by atoms with Gasteiger partial charge in [0.2, 0.25) is 5.88 Å². The Hall–Kier alpha value is -1.35. The van der Waals surface area contributed by atoms with E-state index in [-0.39, 0.29) is 0 Å². The Bertz CT molecular complexity index is 494. The van der Waals surface area contributed by atoms with Gasteiger partial charge in [-0.3, -0.25) is 0 Å². The molecule has 0 unspecified atom stereocenters. The third-order valence-electron chi connectivity index (χ3n) is 2.46. The minimum absolute atomic E-state index is 0.432. The number of para-hydroxylation sites is 1. The van der Waals surface area contributed by atoms with E-state index in [4.69, 9.17) is 4.74 Å². The molecule has 0 bridgehead atoms. The summed E-state index contributed by atoms with van der Waals surface area (Å²) in [4.78, 5) is 4.20. The number of hydrogen-bond acceptors (Lipinski definition) is 2. The quantitative estimate of drug-likeness (QED) is 0.813. The molecule has 0 aliphatic carbocycles. The van der Waals surface area contributed by atoms with Gasteiger partial charge >= 0.3 is 0 Å². The Morgan fingerprint density at radius 3 is 2.53 bits per heavy atom. The average molecular weight is 292 g/mol. The molecule has 2 aromatic rings. The number of hydrogen-bond donors (Lipinski definition) is 0. The molecule has 0 saturated carbocycles. The second-order valence-corrected chi connectivity index (χ2v) is 5.02. The molecule has 0 aliphatic heterocycles. The van der Waals surface area contributed by atoms with E-state index in [0.29, 0.717) is 11.8 Å². The van der Waals surface area contributed by atoms with Gasteiger partial charge in [-0.05, 0) is 39.5 Å². The molecule has 1 aromatic heterocycles. The summed E-state index contributed by atoms with van der Waals surface area (Å²) in [6.07, 6.45) is 1.73. The van der Waals surface area contributed by atoms with Crippen molar-refractivity contribution in [3.05, 3.63) is 52.6 Å². The maximum absolute atomic E-state index is 5.79. The van der Waals surface area contributed by atoms with Gasteiger partial charge in [0.25, 0.3) is 0 Å². The minimum Gasteiger partial charge on any atom is -0.439 e. The van der Waals surface area contributed by atoms with Crippen LogP contribution in [0.1, 0.15) is 25.3 Å². The highest BCUT2D eigenvalue weighted by Gasteiger charge is 2.08. The molecule has 0 amide bonds. The first-order valence-corrected chi connectivity index (χ1v) is 6.34. The van der Waals surface area contributed by atoms with Crippen molar-refractivity contribution in [2.45, 2.75) is 19.8 Å².